The largest absolute Gasteiger partial charge is 0.494 e. The molecule has 1 aromatic rings. The number of nitrogens with zero attached hydrogens (tertiary/aromatic N) is 1. The lowest BCUT2D eigenvalue weighted by Crippen LogP contribution is -2.37. The van der Waals surface area contributed by atoms with Crippen molar-refractivity contribution >= 4 is 12.0 Å². The molecule has 1 aliphatic rings. The molecule has 1 fully saturated rings. The molecule has 21 heavy (non-hydrogen) atoms. The highest BCUT2D eigenvalue weighted by Crippen LogP contribution is 2.22. The Kier molecular flexibility index (Phi) is 5.37. The number of likely N-dealkylation sites (N-methyl/N-ethyl adjacent to an activating group) is 1. The number of halogens is 1. The van der Waals surface area contributed by atoms with Gasteiger partial charge in [-0.15, -0.1) is 0 Å². The average molecular weight is 291 g/mol. The molecule has 1 amide bonds. The summed E-state index contributed by atoms with van der Waals surface area (Å²) in [7, 11) is 3.27. The standard InChI is InChI=1S/C17H22FNO2/c1-19(14-6-4-3-5-7-14)17(20)11-9-13-8-10-16(21-2)15(18)12-13/h8-12,14H,3-7H2,1-2H3. The number of carbonyl (C=O) groups excluding carboxylic acids is 1. The Hall–Kier alpha value is -1.84. The minimum Gasteiger partial charge on any atom is -0.494 e. The predicted molar refractivity (Wildman–Crippen MR) is 81.6 cm³/mol. The molecule has 0 bridgehead atoms. The maximum Gasteiger partial charge on any atom is 0.246 e. The molecular weight excluding hydrogens is 269 g/mol. The Morgan fingerprint density at radius 1 is 1.33 bits per heavy atom. The highest BCUT2D eigenvalue weighted by atomic mass is 19.1. The van der Waals surface area contributed by atoms with Crippen LogP contribution >= 0.6 is 0 Å². The molecule has 1 aromatic carbocycles. The summed E-state index contributed by atoms with van der Waals surface area (Å²) >= 11 is 0. The van der Waals surface area contributed by atoms with Gasteiger partial charge in [-0.05, 0) is 36.6 Å². The summed E-state index contributed by atoms with van der Waals surface area (Å²) in [5.74, 6) is -0.247. The van der Waals surface area contributed by atoms with Crippen molar-refractivity contribution in [1.29, 1.82) is 0 Å². The quantitative estimate of drug-likeness (QED) is 0.793. The van der Waals surface area contributed by atoms with Crippen LogP contribution in [0.25, 0.3) is 6.08 Å². The van der Waals surface area contributed by atoms with Crippen molar-refractivity contribution in [2.24, 2.45) is 0 Å². The number of rotatable bonds is 4. The van der Waals surface area contributed by atoms with Crippen LogP contribution in [0, 0.1) is 5.82 Å². The topological polar surface area (TPSA) is 29.5 Å². The number of carbonyl (C=O) groups is 1. The van der Waals surface area contributed by atoms with E-state index < -0.39 is 5.82 Å². The Morgan fingerprint density at radius 2 is 2.05 bits per heavy atom. The smallest absolute Gasteiger partial charge is 0.246 e. The second kappa shape index (κ2) is 7.25. The van der Waals surface area contributed by atoms with Gasteiger partial charge in [0.2, 0.25) is 5.91 Å². The highest BCUT2D eigenvalue weighted by molar-refractivity contribution is 5.91. The summed E-state index contributed by atoms with van der Waals surface area (Å²) in [5, 5.41) is 0. The van der Waals surface area contributed by atoms with Gasteiger partial charge in [-0.1, -0.05) is 25.3 Å². The van der Waals surface area contributed by atoms with Crippen LogP contribution in [0.3, 0.4) is 0 Å². The maximum absolute atomic E-state index is 13.6. The summed E-state index contributed by atoms with van der Waals surface area (Å²) < 4.78 is 18.4. The molecule has 0 unspecified atom stereocenters. The van der Waals surface area contributed by atoms with E-state index in [4.69, 9.17) is 4.74 Å². The van der Waals surface area contributed by atoms with Crippen LogP contribution in [-0.2, 0) is 4.79 Å². The Labute approximate surface area is 125 Å². The molecule has 0 N–H and O–H groups in total. The predicted octanol–water partition coefficient (Wildman–Crippen LogP) is 3.64. The molecular formula is C17H22FNO2. The molecule has 4 heteroatoms. The molecule has 0 aliphatic heterocycles. The number of ether oxygens (including phenoxy) is 1. The fourth-order valence-electron chi connectivity index (χ4n) is 2.72. The maximum atomic E-state index is 13.6. The van der Waals surface area contributed by atoms with Gasteiger partial charge in [-0.2, -0.15) is 0 Å². The number of benzene rings is 1. The molecule has 0 radical (unpaired) electrons. The van der Waals surface area contributed by atoms with E-state index in [2.05, 4.69) is 0 Å². The van der Waals surface area contributed by atoms with E-state index in [1.54, 1.807) is 23.1 Å². The van der Waals surface area contributed by atoms with Crippen molar-refractivity contribution in [3.8, 4) is 5.75 Å². The minimum atomic E-state index is -0.423. The van der Waals surface area contributed by atoms with Gasteiger partial charge in [0, 0.05) is 19.2 Å². The number of hydrogen-bond acceptors (Lipinski definition) is 2. The van der Waals surface area contributed by atoms with E-state index in [0.29, 0.717) is 11.6 Å². The first-order valence-electron chi connectivity index (χ1n) is 7.40. The number of hydrogen-bond donors (Lipinski definition) is 0. The van der Waals surface area contributed by atoms with Gasteiger partial charge in [-0.3, -0.25) is 4.79 Å². The van der Waals surface area contributed by atoms with Gasteiger partial charge in [-0.25, -0.2) is 4.39 Å². The molecule has 0 heterocycles. The first-order chi connectivity index (χ1) is 10.1. The van der Waals surface area contributed by atoms with Crippen molar-refractivity contribution in [2.45, 2.75) is 38.1 Å². The summed E-state index contributed by atoms with van der Waals surface area (Å²) in [6.45, 7) is 0. The number of methoxy groups -OCH3 is 1. The average Bonchev–Trinajstić information content (AvgIpc) is 2.52. The Morgan fingerprint density at radius 3 is 2.67 bits per heavy atom. The Balaban J connectivity index is 1.99. The van der Waals surface area contributed by atoms with Crippen molar-refractivity contribution in [3.63, 3.8) is 0 Å². The van der Waals surface area contributed by atoms with Crippen LogP contribution in [0.4, 0.5) is 4.39 Å². The van der Waals surface area contributed by atoms with Gasteiger partial charge in [0.25, 0.3) is 0 Å². The van der Waals surface area contributed by atoms with Crippen molar-refractivity contribution < 1.29 is 13.9 Å². The molecule has 3 nitrogen and oxygen atoms in total. The van der Waals surface area contributed by atoms with Crippen molar-refractivity contribution in [2.75, 3.05) is 14.2 Å². The van der Waals surface area contributed by atoms with Gasteiger partial charge >= 0.3 is 0 Å². The van der Waals surface area contributed by atoms with Crippen LogP contribution < -0.4 is 4.74 Å². The van der Waals surface area contributed by atoms with Crippen molar-refractivity contribution in [1.82, 2.24) is 4.90 Å². The second-order valence-corrected chi connectivity index (χ2v) is 5.47. The van der Waals surface area contributed by atoms with Gasteiger partial charge < -0.3 is 9.64 Å². The van der Waals surface area contributed by atoms with Crippen LogP contribution in [-0.4, -0.2) is 31.0 Å². The van der Waals surface area contributed by atoms with E-state index in [1.807, 2.05) is 7.05 Å². The molecule has 0 atom stereocenters. The van der Waals surface area contributed by atoms with E-state index in [-0.39, 0.29) is 11.7 Å². The molecule has 1 saturated carbocycles. The van der Waals surface area contributed by atoms with Crippen LogP contribution in [0.15, 0.2) is 24.3 Å². The fourth-order valence-corrected chi connectivity index (χ4v) is 2.72. The van der Waals surface area contributed by atoms with Gasteiger partial charge in [0.05, 0.1) is 7.11 Å². The zero-order chi connectivity index (χ0) is 15.2. The monoisotopic (exact) mass is 291 g/mol. The van der Waals surface area contributed by atoms with Gasteiger partial charge in [0.15, 0.2) is 11.6 Å². The lowest BCUT2D eigenvalue weighted by molar-refractivity contribution is -0.127. The zero-order valence-corrected chi connectivity index (χ0v) is 12.6. The second-order valence-electron chi connectivity index (χ2n) is 5.47. The Bertz CT molecular complexity index is 522. The summed E-state index contributed by atoms with van der Waals surface area (Å²) in [6.07, 6.45) is 8.95. The first kappa shape index (κ1) is 15.5. The third-order valence-corrected chi connectivity index (χ3v) is 4.06. The first-order valence-corrected chi connectivity index (χ1v) is 7.40. The summed E-state index contributed by atoms with van der Waals surface area (Å²) in [4.78, 5) is 13.9. The normalized spacial score (nSPS) is 16.1. The lowest BCUT2D eigenvalue weighted by Gasteiger charge is -2.30. The van der Waals surface area contributed by atoms with E-state index >= 15 is 0 Å². The summed E-state index contributed by atoms with van der Waals surface area (Å²) in [5.41, 5.74) is 0.652. The van der Waals surface area contributed by atoms with Crippen LogP contribution in [0.5, 0.6) is 5.75 Å². The SMILES string of the molecule is COc1ccc(C=CC(=O)N(C)C2CCCCC2)cc1F. The van der Waals surface area contributed by atoms with E-state index in [1.165, 1.54) is 38.5 Å². The summed E-state index contributed by atoms with van der Waals surface area (Å²) in [6, 6.07) is 4.99. The minimum absolute atomic E-state index is 0.0295. The number of amides is 1. The lowest BCUT2D eigenvalue weighted by atomic mass is 9.94. The van der Waals surface area contributed by atoms with Crippen LogP contribution in [0.1, 0.15) is 37.7 Å². The van der Waals surface area contributed by atoms with Crippen LogP contribution in [0.2, 0.25) is 0 Å². The molecule has 2 rings (SSSR count). The van der Waals surface area contributed by atoms with Gasteiger partial charge in [0.1, 0.15) is 0 Å². The van der Waals surface area contributed by atoms with Crippen molar-refractivity contribution in [3.05, 3.63) is 35.7 Å². The third kappa shape index (κ3) is 4.06. The molecule has 0 aromatic heterocycles. The molecule has 0 spiro atoms. The molecule has 1 aliphatic carbocycles. The third-order valence-electron chi connectivity index (χ3n) is 4.06. The van der Waals surface area contributed by atoms with E-state index in [0.717, 1.165) is 12.8 Å². The molecule has 114 valence electrons. The molecule has 0 saturated heterocycles. The highest BCUT2D eigenvalue weighted by Gasteiger charge is 2.20. The zero-order valence-electron chi connectivity index (χ0n) is 12.6. The fraction of sp³-hybridized carbons (Fsp3) is 0.471. The van der Waals surface area contributed by atoms with E-state index in [9.17, 15) is 9.18 Å².